The number of rotatable bonds is 11. The normalized spacial score (nSPS) is 11.0. The summed E-state index contributed by atoms with van der Waals surface area (Å²) in [7, 11) is -0.731. The van der Waals surface area contributed by atoms with Crippen molar-refractivity contribution in [2.24, 2.45) is 0 Å². The molecule has 7 nitrogen and oxygen atoms in total. The van der Waals surface area contributed by atoms with Crippen LogP contribution in [0, 0.1) is 6.92 Å². The fourth-order valence-corrected chi connectivity index (χ4v) is 4.91. The van der Waals surface area contributed by atoms with Crippen molar-refractivity contribution >= 4 is 21.6 Å². The SMILES string of the molecule is COc1ccc(CCCNC(=O)CN(c2ccccc2)S(=O)(=O)c2ccc(C)cc2)cc1OC. The van der Waals surface area contributed by atoms with E-state index in [1.807, 2.05) is 25.1 Å². The van der Waals surface area contributed by atoms with Crippen molar-refractivity contribution in [3.8, 4) is 11.5 Å². The van der Waals surface area contributed by atoms with Gasteiger partial charge >= 0.3 is 0 Å². The quantitative estimate of drug-likeness (QED) is 0.418. The van der Waals surface area contributed by atoms with Crippen LogP contribution in [-0.2, 0) is 21.2 Å². The van der Waals surface area contributed by atoms with Crippen molar-refractivity contribution in [3.63, 3.8) is 0 Å². The number of anilines is 1. The van der Waals surface area contributed by atoms with Crippen LogP contribution in [0.1, 0.15) is 17.5 Å². The van der Waals surface area contributed by atoms with Crippen molar-refractivity contribution in [3.05, 3.63) is 83.9 Å². The zero-order chi connectivity index (χ0) is 24.6. The highest BCUT2D eigenvalue weighted by Crippen LogP contribution is 2.28. The second-order valence-corrected chi connectivity index (χ2v) is 9.67. The summed E-state index contributed by atoms with van der Waals surface area (Å²) in [6.07, 6.45) is 1.42. The number of aryl methyl sites for hydroxylation is 2. The molecule has 1 amide bonds. The van der Waals surface area contributed by atoms with Gasteiger partial charge in [0.1, 0.15) is 6.54 Å². The molecule has 0 aromatic heterocycles. The molecule has 3 aromatic carbocycles. The number of nitrogens with zero attached hydrogens (tertiary/aromatic N) is 1. The number of amides is 1. The molecule has 0 saturated heterocycles. The first-order chi connectivity index (χ1) is 16.3. The summed E-state index contributed by atoms with van der Waals surface area (Å²) < 4.78 is 38.4. The fourth-order valence-electron chi connectivity index (χ4n) is 3.49. The van der Waals surface area contributed by atoms with Gasteiger partial charge in [0.25, 0.3) is 10.0 Å². The molecule has 0 unspecified atom stereocenters. The summed E-state index contributed by atoms with van der Waals surface area (Å²) in [5.74, 6) is 0.950. The van der Waals surface area contributed by atoms with Crippen LogP contribution in [-0.4, -0.2) is 41.6 Å². The smallest absolute Gasteiger partial charge is 0.264 e. The van der Waals surface area contributed by atoms with E-state index >= 15 is 0 Å². The third kappa shape index (κ3) is 6.29. The van der Waals surface area contributed by atoms with Gasteiger partial charge in [0.05, 0.1) is 24.8 Å². The number of nitrogens with one attached hydrogen (secondary N) is 1. The highest BCUT2D eigenvalue weighted by Gasteiger charge is 2.27. The number of hydrogen-bond acceptors (Lipinski definition) is 5. The summed E-state index contributed by atoms with van der Waals surface area (Å²) in [5.41, 5.74) is 2.45. The Balaban J connectivity index is 1.64. The van der Waals surface area contributed by atoms with E-state index in [1.165, 1.54) is 0 Å². The van der Waals surface area contributed by atoms with Crippen molar-refractivity contribution in [2.75, 3.05) is 31.6 Å². The molecule has 0 atom stereocenters. The number of carbonyl (C=O) groups is 1. The lowest BCUT2D eigenvalue weighted by atomic mass is 10.1. The maximum atomic E-state index is 13.3. The number of sulfonamides is 1. The second-order valence-electron chi connectivity index (χ2n) is 7.80. The fraction of sp³-hybridized carbons (Fsp3) is 0.269. The summed E-state index contributed by atoms with van der Waals surface area (Å²) in [6, 6.07) is 20.9. The minimum absolute atomic E-state index is 0.142. The zero-order valence-electron chi connectivity index (χ0n) is 19.7. The number of methoxy groups -OCH3 is 2. The van der Waals surface area contributed by atoms with Crippen LogP contribution in [0.25, 0.3) is 0 Å². The molecule has 0 fully saturated rings. The van der Waals surface area contributed by atoms with Crippen LogP contribution in [0.4, 0.5) is 5.69 Å². The van der Waals surface area contributed by atoms with Crippen LogP contribution < -0.4 is 19.1 Å². The molecule has 0 radical (unpaired) electrons. The maximum absolute atomic E-state index is 13.3. The van der Waals surface area contributed by atoms with Gasteiger partial charge in [0.2, 0.25) is 5.91 Å². The van der Waals surface area contributed by atoms with Crippen LogP contribution in [0.5, 0.6) is 11.5 Å². The highest BCUT2D eigenvalue weighted by atomic mass is 32.2. The van der Waals surface area contributed by atoms with Gasteiger partial charge < -0.3 is 14.8 Å². The van der Waals surface area contributed by atoms with E-state index in [1.54, 1.807) is 68.8 Å². The van der Waals surface area contributed by atoms with Gasteiger partial charge in [-0.1, -0.05) is 42.0 Å². The Kier molecular flexibility index (Phi) is 8.54. The minimum atomic E-state index is -3.91. The molecule has 180 valence electrons. The van der Waals surface area contributed by atoms with Gasteiger partial charge in [-0.3, -0.25) is 9.10 Å². The molecule has 8 heteroatoms. The van der Waals surface area contributed by atoms with E-state index in [-0.39, 0.29) is 17.3 Å². The summed E-state index contributed by atoms with van der Waals surface area (Å²) in [4.78, 5) is 12.8. The number of carbonyl (C=O) groups excluding carboxylic acids is 1. The topological polar surface area (TPSA) is 84.9 Å². The predicted molar refractivity (Wildman–Crippen MR) is 133 cm³/mol. The van der Waals surface area contributed by atoms with E-state index < -0.39 is 10.0 Å². The van der Waals surface area contributed by atoms with Crippen LogP contribution in [0.15, 0.2) is 77.7 Å². The van der Waals surface area contributed by atoms with Crippen molar-refractivity contribution in [1.29, 1.82) is 0 Å². The largest absolute Gasteiger partial charge is 0.493 e. The molecular weight excluding hydrogens is 452 g/mol. The van der Waals surface area contributed by atoms with Gasteiger partial charge in [-0.15, -0.1) is 0 Å². The van der Waals surface area contributed by atoms with Gasteiger partial charge in [0, 0.05) is 6.54 Å². The molecular formula is C26H30N2O5S. The minimum Gasteiger partial charge on any atom is -0.493 e. The maximum Gasteiger partial charge on any atom is 0.264 e. The third-order valence-electron chi connectivity index (χ3n) is 5.35. The molecule has 0 spiro atoms. The Morgan fingerprint density at radius 3 is 2.24 bits per heavy atom. The number of benzene rings is 3. The van der Waals surface area contributed by atoms with Gasteiger partial charge in [0.15, 0.2) is 11.5 Å². The van der Waals surface area contributed by atoms with E-state index in [4.69, 9.17) is 9.47 Å². The van der Waals surface area contributed by atoms with Gasteiger partial charge in [-0.05, 0) is 61.7 Å². The average Bonchev–Trinajstić information content (AvgIpc) is 2.85. The summed E-state index contributed by atoms with van der Waals surface area (Å²) in [5, 5.41) is 2.84. The Bertz CT molecular complexity index is 1200. The molecule has 0 aliphatic heterocycles. The molecule has 34 heavy (non-hydrogen) atoms. The average molecular weight is 483 g/mol. The highest BCUT2D eigenvalue weighted by molar-refractivity contribution is 7.92. The predicted octanol–water partition coefficient (Wildman–Crippen LogP) is 3.96. The third-order valence-corrected chi connectivity index (χ3v) is 7.14. The van der Waals surface area contributed by atoms with Gasteiger partial charge in [-0.25, -0.2) is 8.42 Å². The summed E-state index contributed by atoms with van der Waals surface area (Å²) >= 11 is 0. The Morgan fingerprint density at radius 2 is 1.59 bits per heavy atom. The van der Waals surface area contributed by atoms with Gasteiger partial charge in [-0.2, -0.15) is 0 Å². The van der Waals surface area contributed by atoms with Crippen LogP contribution in [0.3, 0.4) is 0 Å². The first kappa shape index (κ1) is 25.1. The lowest BCUT2D eigenvalue weighted by Crippen LogP contribution is -2.41. The van der Waals surface area contributed by atoms with E-state index in [0.717, 1.165) is 21.9 Å². The van der Waals surface area contributed by atoms with E-state index in [9.17, 15) is 13.2 Å². The first-order valence-electron chi connectivity index (χ1n) is 11.0. The van der Waals surface area contributed by atoms with Crippen molar-refractivity contribution in [2.45, 2.75) is 24.7 Å². The Hall–Kier alpha value is -3.52. The monoisotopic (exact) mass is 482 g/mol. The summed E-state index contributed by atoms with van der Waals surface area (Å²) in [6.45, 7) is 2.00. The van der Waals surface area contributed by atoms with E-state index in [0.29, 0.717) is 30.2 Å². The Morgan fingerprint density at radius 1 is 0.912 bits per heavy atom. The van der Waals surface area contributed by atoms with Crippen molar-refractivity contribution < 1.29 is 22.7 Å². The molecule has 0 saturated carbocycles. The second kappa shape index (κ2) is 11.6. The number of hydrogen-bond donors (Lipinski definition) is 1. The Labute approximate surface area is 201 Å². The standard InChI is InChI=1S/C26H30N2O5S/c1-20-11-14-23(15-12-20)34(30,31)28(22-9-5-4-6-10-22)19-26(29)27-17-7-8-21-13-16-24(32-2)25(18-21)33-3/h4-6,9-16,18H,7-8,17,19H2,1-3H3,(H,27,29). The molecule has 3 rings (SSSR count). The first-order valence-corrected chi connectivity index (χ1v) is 12.4. The molecule has 3 aromatic rings. The lowest BCUT2D eigenvalue weighted by molar-refractivity contribution is -0.119. The molecule has 0 aliphatic carbocycles. The molecule has 0 aliphatic rings. The van der Waals surface area contributed by atoms with Crippen LogP contribution >= 0.6 is 0 Å². The molecule has 1 N–H and O–H groups in total. The zero-order valence-corrected chi connectivity index (χ0v) is 20.5. The van der Waals surface area contributed by atoms with Crippen LogP contribution in [0.2, 0.25) is 0 Å². The van der Waals surface area contributed by atoms with E-state index in [2.05, 4.69) is 5.32 Å². The lowest BCUT2D eigenvalue weighted by Gasteiger charge is -2.24. The number of ether oxygens (including phenoxy) is 2. The number of para-hydroxylation sites is 1. The molecule has 0 heterocycles. The van der Waals surface area contributed by atoms with Crippen molar-refractivity contribution in [1.82, 2.24) is 5.32 Å². The molecule has 0 bridgehead atoms.